The van der Waals surface area contributed by atoms with Crippen molar-refractivity contribution in [3.63, 3.8) is 0 Å². The van der Waals surface area contributed by atoms with E-state index in [1.807, 2.05) is 30.5 Å². The van der Waals surface area contributed by atoms with Crippen molar-refractivity contribution in [2.75, 3.05) is 19.5 Å². The fourth-order valence-corrected chi connectivity index (χ4v) is 4.78. The van der Waals surface area contributed by atoms with Gasteiger partial charge in [0.2, 0.25) is 5.91 Å². The molecule has 2 aromatic heterocycles. The van der Waals surface area contributed by atoms with Crippen LogP contribution in [0.25, 0.3) is 43.8 Å². The van der Waals surface area contributed by atoms with Gasteiger partial charge in [-0.2, -0.15) is 0 Å². The van der Waals surface area contributed by atoms with E-state index in [9.17, 15) is 4.79 Å². The van der Waals surface area contributed by atoms with Crippen molar-refractivity contribution in [1.29, 1.82) is 0 Å². The van der Waals surface area contributed by atoms with E-state index in [2.05, 4.69) is 48.1 Å². The second-order valence-electron chi connectivity index (χ2n) is 8.19. The summed E-state index contributed by atoms with van der Waals surface area (Å²) in [7, 11) is 5.41. The molecule has 2 heterocycles. The molecule has 0 saturated heterocycles. The number of carbonyl (C=O) groups is 1. The zero-order valence-electron chi connectivity index (χ0n) is 19.3. The third-order valence-electron chi connectivity index (χ3n) is 6.26. The SMILES string of the molecule is COc1ccc2c(c1)c1cc3c(-c4ccc(NC(C)=O)cc4OC)nccc3c(C)c1n2C. The molecule has 3 aromatic carbocycles. The van der Waals surface area contributed by atoms with Gasteiger partial charge in [-0.05, 0) is 60.3 Å². The Hall–Kier alpha value is -4.06. The molecule has 166 valence electrons. The summed E-state index contributed by atoms with van der Waals surface area (Å²) >= 11 is 0. The molecule has 0 aliphatic rings. The molecule has 6 heteroatoms. The molecule has 0 unspecified atom stereocenters. The van der Waals surface area contributed by atoms with E-state index < -0.39 is 0 Å². The maximum Gasteiger partial charge on any atom is 0.221 e. The molecule has 5 rings (SSSR count). The second-order valence-corrected chi connectivity index (χ2v) is 8.19. The Morgan fingerprint density at radius 2 is 1.76 bits per heavy atom. The molecule has 6 nitrogen and oxygen atoms in total. The number of fused-ring (bicyclic) bond motifs is 4. The first-order valence-corrected chi connectivity index (χ1v) is 10.7. The molecular formula is C27H25N3O3. The molecular weight excluding hydrogens is 414 g/mol. The van der Waals surface area contributed by atoms with Crippen molar-refractivity contribution in [3.05, 3.63) is 60.3 Å². The summed E-state index contributed by atoms with van der Waals surface area (Å²) in [6.45, 7) is 3.64. The van der Waals surface area contributed by atoms with E-state index in [0.717, 1.165) is 44.1 Å². The summed E-state index contributed by atoms with van der Waals surface area (Å²) in [5, 5.41) is 7.28. The molecule has 0 bridgehead atoms. The number of aryl methyl sites for hydroxylation is 2. The topological polar surface area (TPSA) is 65.4 Å². The van der Waals surface area contributed by atoms with Gasteiger partial charge in [0.1, 0.15) is 11.5 Å². The first-order valence-electron chi connectivity index (χ1n) is 10.7. The Kier molecular flexibility index (Phi) is 4.93. The van der Waals surface area contributed by atoms with Crippen molar-refractivity contribution >= 4 is 44.2 Å². The first kappa shape index (κ1) is 20.8. The monoisotopic (exact) mass is 439 g/mol. The molecule has 5 aromatic rings. The number of amides is 1. The number of aromatic nitrogens is 2. The maximum absolute atomic E-state index is 11.5. The van der Waals surface area contributed by atoms with Crippen molar-refractivity contribution < 1.29 is 14.3 Å². The number of nitrogens with zero attached hydrogens (tertiary/aromatic N) is 2. The van der Waals surface area contributed by atoms with Gasteiger partial charge in [-0.1, -0.05) is 0 Å². The van der Waals surface area contributed by atoms with Crippen LogP contribution in [0.3, 0.4) is 0 Å². The lowest BCUT2D eigenvalue weighted by Crippen LogP contribution is -2.06. The minimum absolute atomic E-state index is 0.127. The number of methoxy groups -OCH3 is 2. The van der Waals surface area contributed by atoms with Crippen LogP contribution in [0.2, 0.25) is 0 Å². The van der Waals surface area contributed by atoms with Crippen LogP contribution in [-0.4, -0.2) is 29.7 Å². The highest BCUT2D eigenvalue weighted by Gasteiger charge is 2.18. The van der Waals surface area contributed by atoms with Gasteiger partial charge in [0.15, 0.2) is 0 Å². The number of hydrogen-bond donors (Lipinski definition) is 1. The normalized spacial score (nSPS) is 11.3. The van der Waals surface area contributed by atoms with E-state index in [4.69, 9.17) is 14.5 Å². The molecule has 33 heavy (non-hydrogen) atoms. The van der Waals surface area contributed by atoms with Crippen LogP contribution in [0.1, 0.15) is 12.5 Å². The fraction of sp³-hybridized carbons (Fsp3) is 0.185. The van der Waals surface area contributed by atoms with Gasteiger partial charge in [-0.15, -0.1) is 0 Å². The summed E-state index contributed by atoms with van der Waals surface area (Å²) in [4.78, 5) is 16.2. The van der Waals surface area contributed by atoms with Gasteiger partial charge in [-0.25, -0.2) is 0 Å². The number of benzene rings is 3. The second kappa shape index (κ2) is 7.81. The highest BCUT2D eigenvalue weighted by molar-refractivity contribution is 6.16. The molecule has 0 atom stereocenters. The number of rotatable bonds is 4. The first-order chi connectivity index (χ1) is 15.9. The molecule has 0 spiro atoms. The Bertz CT molecular complexity index is 1570. The van der Waals surface area contributed by atoms with Crippen LogP contribution in [0.4, 0.5) is 5.69 Å². The summed E-state index contributed by atoms with van der Waals surface area (Å²) < 4.78 is 13.4. The minimum Gasteiger partial charge on any atom is -0.497 e. The molecule has 0 radical (unpaired) electrons. The Labute approximate surface area is 191 Å². The van der Waals surface area contributed by atoms with Crippen LogP contribution in [-0.2, 0) is 11.8 Å². The van der Waals surface area contributed by atoms with E-state index in [1.165, 1.54) is 18.0 Å². The van der Waals surface area contributed by atoms with Crippen molar-refractivity contribution in [2.24, 2.45) is 7.05 Å². The number of nitrogens with one attached hydrogen (secondary N) is 1. The van der Waals surface area contributed by atoms with Gasteiger partial charge in [0.25, 0.3) is 0 Å². The molecule has 0 aliphatic carbocycles. The Morgan fingerprint density at radius 1 is 0.939 bits per heavy atom. The van der Waals surface area contributed by atoms with Crippen LogP contribution in [0.15, 0.2) is 54.7 Å². The summed E-state index contributed by atoms with van der Waals surface area (Å²) in [6.07, 6.45) is 1.84. The highest BCUT2D eigenvalue weighted by atomic mass is 16.5. The number of pyridine rings is 1. The third kappa shape index (κ3) is 3.26. The van der Waals surface area contributed by atoms with Crippen LogP contribution in [0.5, 0.6) is 11.5 Å². The van der Waals surface area contributed by atoms with Gasteiger partial charge in [-0.3, -0.25) is 9.78 Å². The lowest BCUT2D eigenvalue weighted by Gasteiger charge is -2.14. The summed E-state index contributed by atoms with van der Waals surface area (Å²) in [5.41, 5.74) is 5.92. The van der Waals surface area contributed by atoms with E-state index >= 15 is 0 Å². The maximum atomic E-state index is 11.5. The zero-order chi connectivity index (χ0) is 23.3. The predicted octanol–water partition coefficient (Wildman–Crippen LogP) is 5.83. The summed E-state index contributed by atoms with van der Waals surface area (Å²) in [6, 6.07) is 16.1. The zero-order valence-corrected chi connectivity index (χ0v) is 19.3. The third-order valence-corrected chi connectivity index (χ3v) is 6.26. The quantitative estimate of drug-likeness (QED) is 0.383. The highest BCUT2D eigenvalue weighted by Crippen LogP contribution is 2.41. The van der Waals surface area contributed by atoms with Gasteiger partial charge in [0, 0.05) is 59.2 Å². The van der Waals surface area contributed by atoms with E-state index in [1.54, 1.807) is 14.2 Å². The van der Waals surface area contributed by atoms with Crippen molar-refractivity contribution in [2.45, 2.75) is 13.8 Å². The Balaban J connectivity index is 1.83. The predicted molar refractivity (Wildman–Crippen MR) is 133 cm³/mol. The molecule has 0 fully saturated rings. The average molecular weight is 440 g/mol. The largest absolute Gasteiger partial charge is 0.497 e. The van der Waals surface area contributed by atoms with Crippen LogP contribution >= 0.6 is 0 Å². The number of ether oxygens (including phenoxy) is 2. The minimum atomic E-state index is -0.127. The standard InChI is InChI=1S/C27H25N3O3/c1-15-19-10-11-28-26(20-8-6-17(29-16(2)31)12-25(20)33-5)22(19)14-23-21-13-18(32-4)7-9-24(21)30(3)27(15)23/h6-14H,1-5H3,(H,29,31). The van der Waals surface area contributed by atoms with E-state index in [-0.39, 0.29) is 5.91 Å². The smallest absolute Gasteiger partial charge is 0.221 e. The lowest BCUT2D eigenvalue weighted by molar-refractivity contribution is -0.114. The fourth-order valence-electron chi connectivity index (χ4n) is 4.78. The van der Waals surface area contributed by atoms with Crippen LogP contribution in [0, 0.1) is 6.92 Å². The summed E-state index contributed by atoms with van der Waals surface area (Å²) in [5.74, 6) is 1.35. The number of anilines is 1. The van der Waals surface area contributed by atoms with E-state index in [0.29, 0.717) is 11.4 Å². The van der Waals surface area contributed by atoms with Gasteiger partial charge in [0.05, 0.1) is 25.4 Å². The van der Waals surface area contributed by atoms with Crippen molar-refractivity contribution in [3.8, 4) is 22.8 Å². The average Bonchev–Trinajstić information content (AvgIpc) is 3.10. The molecule has 1 amide bonds. The molecule has 0 aliphatic heterocycles. The van der Waals surface area contributed by atoms with Gasteiger partial charge < -0.3 is 19.4 Å². The van der Waals surface area contributed by atoms with Gasteiger partial charge >= 0.3 is 0 Å². The Morgan fingerprint density at radius 3 is 2.48 bits per heavy atom. The molecule has 1 N–H and O–H groups in total. The lowest BCUT2D eigenvalue weighted by atomic mass is 9.97. The van der Waals surface area contributed by atoms with Crippen molar-refractivity contribution in [1.82, 2.24) is 9.55 Å². The number of hydrogen-bond acceptors (Lipinski definition) is 4. The van der Waals surface area contributed by atoms with Crippen LogP contribution < -0.4 is 14.8 Å². The number of carbonyl (C=O) groups excluding carboxylic acids is 1. The molecule has 0 saturated carbocycles.